The number of anilines is 1. The number of oxazole rings is 1. The fourth-order valence-electron chi connectivity index (χ4n) is 2.74. The minimum absolute atomic E-state index is 0.170. The quantitative estimate of drug-likeness (QED) is 0.658. The van der Waals surface area contributed by atoms with Crippen LogP contribution in [-0.2, 0) is 0 Å². The number of aliphatic imine (C=N–C) groups is 1. The van der Waals surface area contributed by atoms with Crippen molar-refractivity contribution in [2.45, 2.75) is 18.3 Å². The summed E-state index contributed by atoms with van der Waals surface area (Å²) in [5.74, 6) is -0.707. The number of alkyl halides is 3. The number of nitrogens with zero attached hydrogens (tertiary/aromatic N) is 4. The van der Waals surface area contributed by atoms with Gasteiger partial charge in [-0.25, -0.2) is 9.37 Å². The standard InChI is InChI=1S/C16H10F4N4O/c17-9-3-5-10(6-4-9)24-8-22-12(13(24)16(18,19)20)15-23-14-11(25-15)2-1-7-21-14/h1-8,12-13H. The van der Waals surface area contributed by atoms with Crippen molar-refractivity contribution in [2.24, 2.45) is 4.99 Å². The van der Waals surface area contributed by atoms with Crippen LogP contribution in [0.3, 0.4) is 0 Å². The molecule has 3 heterocycles. The molecule has 0 amide bonds. The molecule has 2 atom stereocenters. The zero-order valence-electron chi connectivity index (χ0n) is 12.5. The number of halogens is 4. The molecule has 9 heteroatoms. The van der Waals surface area contributed by atoms with Gasteiger partial charge in [0.25, 0.3) is 0 Å². The lowest BCUT2D eigenvalue weighted by Gasteiger charge is -2.28. The number of hydrogen-bond acceptors (Lipinski definition) is 5. The first-order chi connectivity index (χ1) is 11.9. The molecule has 0 radical (unpaired) electrons. The largest absolute Gasteiger partial charge is 0.436 e. The Morgan fingerprint density at radius 2 is 1.84 bits per heavy atom. The Kier molecular flexibility index (Phi) is 3.45. The summed E-state index contributed by atoms with van der Waals surface area (Å²) in [7, 11) is 0. The summed E-state index contributed by atoms with van der Waals surface area (Å²) in [6.07, 6.45) is -2.07. The minimum atomic E-state index is -4.61. The van der Waals surface area contributed by atoms with Crippen molar-refractivity contribution in [1.82, 2.24) is 9.97 Å². The van der Waals surface area contributed by atoms with E-state index in [9.17, 15) is 17.6 Å². The fourth-order valence-corrected chi connectivity index (χ4v) is 2.74. The van der Waals surface area contributed by atoms with Crippen LogP contribution >= 0.6 is 0 Å². The summed E-state index contributed by atoms with van der Waals surface area (Å²) >= 11 is 0. The van der Waals surface area contributed by atoms with Crippen LogP contribution in [0.15, 0.2) is 52.0 Å². The second-order valence-electron chi connectivity index (χ2n) is 5.46. The van der Waals surface area contributed by atoms with Crippen molar-refractivity contribution >= 4 is 23.3 Å². The van der Waals surface area contributed by atoms with Crippen LogP contribution in [0.4, 0.5) is 23.2 Å². The van der Waals surface area contributed by atoms with E-state index in [0.29, 0.717) is 0 Å². The van der Waals surface area contributed by atoms with E-state index in [0.717, 1.165) is 23.4 Å². The van der Waals surface area contributed by atoms with Crippen molar-refractivity contribution in [2.75, 3.05) is 4.90 Å². The van der Waals surface area contributed by atoms with Gasteiger partial charge in [-0.15, -0.1) is 0 Å². The van der Waals surface area contributed by atoms with Crippen LogP contribution in [0.2, 0.25) is 0 Å². The van der Waals surface area contributed by atoms with Crippen molar-refractivity contribution in [3.05, 3.63) is 54.3 Å². The highest BCUT2D eigenvalue weighted by molar-refractivity contribution is 5.83. The zero-order chi connectivity index (χ0) is 17.6. The van der Waals surface area contributed by atoms with E-state index in [-0.39, 0.29) is 22.8 Å². The number of rotatable bonds is 2. The van der Waals surface area contributed by atoms with Crippen molar-refractivity contribution in [3.8, 4) is 0 Å². The van der Waals surface area contributed by atoms with Gasteiger partial charge in [-0.1, -0.05) is 0 Å². The summed E-state index contributed by atoms with van der Waals surface area (Å²) in [4.78, 5) is 12.8. The molecule has 0 bridgehead atoms. The third kappa shape index (κ3) is 2.71. The van der Waals surface area contributed by atoms with E-state index in [1.54, 1.807) is 12.1 Å². The predicted molar refractivity (Wildman–Crippen MR) is 81.8 cm³/mol. The third-order valence-electron chi connectivity index (χ3n) is 3.85. The molecule has 0 fully saturated rings. The number of hydrogen-bond donors (Lipinski definition) is 0. The first kappa shape index (κ1) is 15.6. The number of aromatic nitrogens is 2. The van der Waals surface area contributed by atoms with Gasteiger partial charge in [0.05, 0.1) is 6.34 Å². The van der Waals surface area contributed by atoms with E-state index >= 15 is 0 Å². The van der Waals surface area contributed by atoms with Crippen molar-refractivity contribution in [1.29, 1.82) is 0 Å². The molecule has 0 spiro atoms. The first-order valence-corrected chi connectivity index (χ1v) is 7.29. The maximum atomic E-state index is 13.7. The van der Waals surface area contributed by atoms with Gasteiger partial charge in [0, 0.05) is 11.9 Å². The molecule has 1 aliphatic heterocycles. The Hall–Kier alpha value is -2.97. The molecule has 2 unspecified atom stereocenters. The van der Waals surface area contributed by atoms with Crippen molar-refractivity contribution < 1.29 is 22.0 Å². The summed E-state index contributed by atoms with van der Waals surface area (Å²) < 4.78 is 59.5. The SMILES string of the molecule is Fc1ccc(N2C=NC(c3nc4ncccc4o3)C2C(F)(F)F)cc1. The smallest absolute Gasteiger partial charge is 0.411 e. The summed E-state index contributed by atoms with van der Waals surface area (Å²) in [6.45, 7) is 0. The maximum Gasteiger partial charge on any atom is 0.411 e. The molecule has 1 aromatic carbocycles. The molecule has 128 valence electrons. The minimum Gasteiger partial charge on any atom is -0.436 e. The molecule has 3 aromatic rings. The normalized spacial score (nSPS) is 20.6. The highest BCUT2D eigenvalue weighted by atomic mass is 19.4. The lowest BCUT2D eigenvalue weighted by Crippen LogP contribution is -2.45. The second kappa shape index (κ2) is 5.54. The van der Waals surface area contributed by atoms with Gasteiger partial charge in [0.1, 0.15) is 5.82 Å². The fraction of sp³-hybridized carbons (Fsp3) is 0.188. The molecular weight excluding hydrogens is 340 g/mol. The molecule has 0 saturated heterocycles. The summed E-state index contributed by atoms with van der Waals surface area (Å²) in [5.41, 5.74) is 0.673. The molecule has 0 aliphatic carbocycles. The molecule has 25 heavy (non-hydrogen) atoms. The van der Waals surface area contributed by atoms with Crippen LogP contribution < -0.4 is 4.90 Å². The van der Waals surface area contributed by atoms with Crippen LogP contribution in [0.25, 0.3) is 11.2 Å². The lowest BCUT2D eigenvalue weighted by atomic mass is 10.1. The van der Waals surface area contributed by atoms with Crippen LogP contribution in [-0.4, -0.2) is 28.5 Å². The van der Waals surface area contributed by atoms with E-state index in [4.69, 9.17) is 4.42 Å². The molecular formula is C16H10F4N4O. The van der Waals surface area contributed by atoms with Crippen LogP contribution in [0.5, 0.6) is 0 Å². The summed E-state index contributed by atoms with van der Waals surface area (Å²) in [5, 5.41) is 0. The van der Waals surface area contributed by atoms with Crippen LogP contribution in [0.1, 0.15) is 11.9 Å². The van der Waals surface area contributed by atoms with Gasteiger partial charge >= 0.3 is 6.18 Å². The molecule has 4 rings (SSSR count). The number of fused-ring (bicyclic) bond motifs is 1. The summed E-state index contributed by atoms with van der Waals surface area (Å²) in [6, 6.07) is 4.48. The van der Waals surface area contributed by atoms with Gasteiger partial charge in [-0.05, 0) is 36.4 Å². The molecule has 2 aromatic heterocycles. The van der Waals surface area contributed by atoms with Crippen LogP contribution in [0, 0.1) is 5.82 Å². The third-order valence-corrected chi connectivity index (χ3v) is 3.85. The molecule has 5 nitrogen and oxygen atoms in total. The van der Waals surface area contributed by atoms with Crippen molar-refractivity contribution in [3.63, 3.8) is 0 Å². The average molecular weight is 350 g/mol. The molecule has 1 aliphatic rings. The monoisotopic (exact) mass is 350 g/mol. The van der Waals surface area contributed by atoms with Gasteiger partial charge in [0.2, 0.25) is 5.89 Å². The highest BCUT2D eigenvalue weighted by Gasteiger charge is 2.53. The Labute approximate surface area is 138 Å². The van der Waals surface area contributed by atoms with Gasteiger partial charge < -0.3 is 9.32 Å². The number of benzene rings is 1. The predicted octanol–water partition coefficient (Wildman–Crippen LogP) is 3.88. The number of pyridine rings is 1. The maximum absolute atomic E-state index is 13.7. The molecule has 0 N–H and O–H groups in total. The zero-order valence-corrected chi connectivity index (χ0v) is 12.5. The van der Waals surface area contributed by atoms with E-state index in [2.05, 4.69) is 15.0 Å². The Balaban J connectivity index is 1.75. The van der Waals surface area contributed by atoms with E-state index in [1.165, 1.54) is 18.3 Å². The first-order valence-electron chi connectivity index (χ1n) is 7.29. The van der Waals surface area contributed by atoms with Gasteiger partial charge in [-0.3, -0.25) is 4.99 Å². The Morgan fingerprint density at radius 3 is 2.52 bits per heavy atom. The second-order valence-corrected chi connectivity index (χ2v) is 5.46. The van der Waals surface area contributed by atoms with E-state index < -0.39 is 24.1 Å². The lowest BCUT2D eigenvalue weighted by molar-refractivity contribution is -0.150. The highest BCUT2D eigenvalue weighted by Crippen LogP contribution is 2.41. The van der Waals surface area contributed by atoms with E-state index in [1.807, 2.05) is 0 Å². The topological polar surface area (TPSA) is 54.5 Å². The Bertz CT molecular complexity index is 902. The molecule has 0 saturated carbocycles. The Morgan fingerprint density at radius 1 is 1.08 bits per heavy atom. The average Bonchev–Trinajstić information content (AvgIpc) is 3.19. The van der Waals surface area contributed by atoms with Gasteiger partial charge in [-0.2, -0.15) is 18.2 Å². The van der Waals surface area contributed by atoms with Gasteiger partial charge in [0.15, 0.2) is 23.3 Å².